The van der Waals surface area contributed by atoms with Crippen molar-refractivity contribution in [1.82, 2.24) is 19.7 Å². The van der Waals surface area contributed by atoms with Gasteiger partial charge in [-0.2, -0.15) is 0 Å². The molecule has 1 aromatic carbocycles. The smallest absolute Gasteiger partial charge is 0.320 e. The monoisotopic (exact) mass is 580 g/mol. The van der Waals surface area contributed by atoms with Crippen molar-refractivity contribution in [2.75, 3.05) is 32.8 Å². The van der Waals surface area contributed by atoms with E-state index in [1.54, 1.807) is 11.8 Å². The number of rotatable bonds is 10. The fraction of sp³-hybridized carbons (Fsp3) is 0.594. The molecule has 3 aliphatic heterocycles. The van der Waals surface area contributed by atoms with Gasteiger partial charge in [0.15, 0.2) is 0 Å². The van der Waals surface area contributed by atoms with E-state index in [-0.39, 0.29) is 12.5 Å². The number of piperidine rings is 1. The lowest BCUT2D eigenvalue weighted by Crippen LogP contribution is -2.50. The average molecular weight is 581 g/mol. The largest absolute Gasteiger partial charge is 0.481 e. The molecule has 3 aliphatic rings. The SMILES string of the molecule is Cc1nc(Sc2ccc(CC(=O)O)cc2)ccc1CN1CCC(N2C(=O)N(C3CCOCC3)CC2CC(C)C)CC1. The van der Waals surface area contributed by atoms with Crippen molar-refractivity contribution in [2.45, 2.75) is 93.9 Å². The normalized spacial score (nSPS) is 21.3. The van der Waals surface area contributed by atoms with Gasteiger partial charge in [-0.25, -0.2) is 9.78 Å². The summed E-state index contributed by atoms with van der Waals surface area (Å²) in [6.07, 6.45) is 5.04. The number of ether oxygens (including phenoxy) is 1. The van der Waals surface area contributed by atoms with Gasteiger partial charge in [0, 0.05) is 62.1 Å². The molecule has 1 N–H and O–H groups in total. The molecule has 222 valence electrons. The molecule has 1 unspecified atom stereocenters. The first kappa shape index (κ1) is 29.9. The lowest BCUT2D eigenvalue weighted by molar-refractivity contribution is -0.136. The minimum Gasteiger partial charge on any atom is -0.481 e. The summed E-state index contributed by atoms with van der Waals surface area (Å²) < 4.78 is 5.57. The van der Waals surface area contributed by atoms with Gasteiger partial charge in [0.1, 0.15) is 5.03 Å². The Morgan fingerprint density at radius 1 is 1.05 bits per heavy atom. The van der Waals surface area contributed by atoms with Crippen molar-refractivity contribution in [1.29, 1.82) is 0 Å². The molecule has 8 nitrogen and oxygen atoms in total. The van der Waals surface area contributed by atoms with E-state index >= 15 is 0 Å². The summed E-state index contributed by atoms with van der Waals surface area (Å²) >= 11 is 1.59. The van der Waals surface area contributed by atoms with Crippen molar-refractivity contribution in [3.8, 4) is 0 Å². The van der Waals surface area contributed by atoms with Gasteiger partial charge in [-0.3, -0.25) is 9.69 Å². The van der Waals surface area contributed by atoms with Gasteiger partial charge in [0.05, 0.1) is 12.5 Å². The second kappa shape index (κ2) is 13.6. The van der Waals surface area contributed by atoms with Gasteiger partial charge < -0.3 is 19.6 Å². The number of urea groups is 1. The van der Waals surface area contributed by atoms with Crippen LogP contribution >= 0.6 is 11.8 Å². The van der Waals surface area contributed by atoms with Crippen molar-refractivity contribution in [3.63, 3.8) is 0 Å². The quantitative estimate of drug-likeness (QED) is 0.399. The maximum atomic E-state index is 13.7. The van der Waals surface area contributed by atoms with Crippen LogP contribution in [0.1, 0.15) is 62.8 Å². The lowest BCUT2D eigenvalue weighted by atomic mass is 9.97. The Bertz CT molecular complexity index is 1190. The summed E-state index contributed by atoms with van der Waals surface area (Å²) in [6, 6.07) is 13.1. The van der Waals surface area contributed by atoms with E-state index < -0.39 is 5.97 Å². The van der Waals surface area contributed by atoms with Crippen LogP contribution in [0.5, 0.6) is 0 Å². The number of carboxylic acids is 1. The average Bonchev–Trinajstić information content (AvgIpc) is 3.26. The number of hydrogen-bond donors (Lipinski definition) is 1. The number of aromatic nitrogens is 1. The minimum absolute atomic E-state index is 0.0376. The molecule has 3 fully saturated rings. The van der Waals surface area contributed by atoms with Gasteiger partial charge in [0.2, 0.25) is 0 Å². The van der Waals surface area contributed by atoms with E-state index in [1.165, 1.54) is 5.56 Å². The molecular formula is C32H44N4O4S. The van der Waals surface area contributed by atoms with Crippen LogP contribution in [0, 0.1) is 12.8 Å². The Balaban J connectivity index is 1.16. The van der Waals surface area contributed by atoms with E-state index in [0.717, 1.165) is 92.7 Å². The number of carboxylic acid groups (broad SMARTS) is 1. The maximum absolute atomic E-state index is 13.7. The predicted octanol–water partition coefficient (Wildman–Crippen LogP) is 5.46. The molecule has 0 radical (unpaired) electrons. The molecule has 9 heteroatoms. The number of hydrogen-bond acceptors (Lipinski definition) is 6. The van der Waals surface area contributed by atoms with Crippen LogP contribution in [0.4, 0.5) is 4.79 Å². The topological polar surface area (TPSA) is 86.2 Å². The highest BCUT2D eigenvalue weighted by atomic mass is 32.2. The van der Waals surface area contributed by atoms with Crippen LogP contribution < -0.4 is 0 Å². The van der Waals surface area contributed by atoms with Crippen LogP contribution in [0.15, 0.2) is 46.3 Å². The number of benzene rings is 1. The van der Waals surface area contributed by atoms with E-state index in [2.05, 4.69) is 47.6 Å². The second-order valence-corrected chi connectivity index (χ2v) is 13.3. The molecule has 4 heterocycles. The molecule has 0 bridgehead atoms. The number of nitrogens with zero attached hydrogens (tertiary/aromatic N) is 4. The zero-order valence-electron chi connectivity index (χ0n) is 24.6. The first-order valence-electron chi connectivity index (χ1n) is 15.1. The molecule has 2 aromatic rings. The Labute approximate surface area is 248 Å². The summed E-state index contributed by atoms with van der Waals surface area (Å²) in [5, 5.41) is 9.91. The number of aryl methyl sites for hydroxylation is 1. The Morgan fingerprint density at radius 2 is 1.76 bits per heavy atom. The molecule has 3 saturated heterocycles. The van der Waals surface area contributed by atoms with Crippen LogP contribution in [0.25, 0.3) is 0 Å². The van der Waals surface area contributed by atoms with Crippen LogP contribution in [0.2, 0.25) is 0 Å². The molecule has 0 saturated carbocycles. The third kappa shape index (κ3) is 7.62. The highest BCUT2D eigenvalue weighted by molar-refractivity contribution is 7.99. The highest BCUT2D eigenvalue weighted by Crippen LogP contribution is 2.33. The highest BCUT2D eigenvalue weighted by Gasteiger charge is 2.44. The summed E-state index contributed by atoms with van der Waals surface area (Å²) in [5.41, 5.74) is 3.08. The summed E-state index contributed by atoms with van der Waals surface area (Å²) in [7, 11) is 0. The van der Waals surface area contributed by atoms with E-state index in [9.17, 15) is 9.59 Å². The van der Waals surface area contributed by atoms with E-state index in [0.29, 0.717) is 24.0 Å². The standard InChI is InChI=1S/C32H44N4O4S/c1-22(2)18-28-21-35(26-12-16-40-17-13-26)32(39)36(28)27-10-14-34(15-11-27)20-25-6-9-30(33-23(25)3)41-29-7-4-24(5-8-29)19-31(37)38/h4-9,22,26-28H,10-21H2,1-3H3,(H,37,38). The maximum Gasteiger partial charge on any atom is 0.320 e. The van der Waals surface area contributed by atoms with Crippen molar-refractivity contribution in [2.24, 2.45) is 5.92 Å². The van der Waals surface area contributed by atoms with Crippen molar-refractivity contribution >= 4 is 23.8 Å². The van der Waals surface area contributed by atoms with Crippen molar-refractivity contribution in [3.05, 3.63) is 53.2 Å². The van der Waals surface area contributed by atoms with Crippen molar-refractivity contribution < 1.29 is 19.4 Å². The first-order valence-corrected chi connectivity index (χ1v) is 15.9. The molecule has 1 atom stereocenters. The first-order chi connectivity index (χ1) is 19.8. The van der Waals surface area contributed by atoms with Gasteiger partial charge in [-0.15, -0.1) is 0 Å². The van der Waals surface area contributed by atoms with Crippen LogP contribution in [0.3, 0.4) is 0 Å². The summed E-state index contributed by atoms with van der Waals surface area (Å²) in [4.78, 5) is 37.5. The molecule has 0 aliphatic carbocycles. The number of aliphatic carboxylic acids is 1. The fourth-order valence-electron chi connectivity index (χ4n) is 6.54. The summed E-state index contributed by atoms with van der Waals surface area (Å²) in [5.74, 6) is -0.252. The number of likely N-dealkylation sites (tertiary alicyclic amines) is 1. The molecule has 0 spiro atoms. The predicted molar refractivity (Wildman–Crippen MR) is 160 cm³/mol. The Hall–Kier alpha value is -2.62. The third-order valence-corrected chi connectivity index (χ3v) is 9.60. The number of carbonyl (C=O) groups excluding carboxylic acids is 1. The van der Waals surface area contributed by atoms with Gasteiger partial charge in [-0.1, -0.05) is 43.8 Å². The fourth-order valence-corrected chi connectivity index (χ4v) is 7.38. The molecule has 41 heavy (non-hydrogen) atoms. The molecular weight excluding hydrogens is 536 g/mol. The van der Waals surface area contributed by atoms with Gasteiger partial charge in [0.25, 0.3) is 0 Å². The number of carbonyl (C=O) groups is 2. The molecule has 1 aromatic heterocycles. The zero-order valence-corrected chi connectivity index (χ0v) is 25.4. The van der Waals surface area contributed by atoms with Gasteiger partial charge in [-0.05, 0) is 74.3 Å². The number of pyridine rings is 1. The van der Waals surface area contributed by atoms with Gasteiger partial charge >= 0.3 is 12.0 Å². The Morgan fingerprint density at radius 3 is 2.39 bits per heavy atom. The minimum atomic E-state index is -0.820. The lowest BCUT2D eigenvalue weighted by Gasteiger charge is -2.39. The van der Waals surface area contributed by atoms with E-state index in [1.807, 2.05) is 24.3 Å². The Kier molecular flexibility index (Phi) is 9.88. The van der Waals surface area contributed by atoms with Crippen LogP contribution in [-0.4, -0.2) is 87.8 Å². The molecule has 5 rings (SSSR count). The second-order valence-electron chi connectivity index (χ2n) is 12.2. The summed E-state index contributed by atoms with van der Waals surface area (Å²) in [6.45, 7) is 11.8. The number of amides is 2. The molecule has 2 amide bonds. The van der Waals surface area contributed by atoms with E-state index in [4.69, 9.17) is 14.8 Å². The zero-order chi connectivity index (χ0) is 28.9. The third-order valence-electron chi connectivity index (χ3n) is 8.66. The van der Waals surface area contributed by atoms with Crippen LogP contribution in [-0.2, 0) is 22.5 Å².